The second-order valence-corrected chi connectivity index (χ2v) is 5.73. The normalized spacial score (nSPS) is 12.3. The first-order valence-electron chi connectivity index (χ1n) is 7.30. The third kappa shape index (κ3) is 3.38. The van der Waals surface area contributed by atoms with Crippen LogP contribution in [-0.2, 0) is 6.54 Å². The second-order valence-electron chi connectivity index (χ2n) is 5.29. The maximum absolute atomic E-state index is 5.95. The highest BCUT2D eigenvalue weighted by atomic mass is 35.5. The SMILES string of the molecule is C[C@H](NCc1cn[nH]c1-c1ccc(Cl)cc1)c1ccccc1. The highest BCUT2D eigenvalue weighted by Gasteiger charge is 2.10. The summed E-state index contributed by atoms with van der Waals surface area (Å²) in [6.07, 6.45) is 1.87. The summed E-state index contributed by atoms with van der Waals surface area (Å²) in [4.78, 5) is 0. The summed E-state index contributed by atoms with van der Waals surface area (Å²) >= 11 is 5.95. The van der Waals surface area contributed by atoms with Crippen molar-refractivity contribution < 1.29 is 0 Å². The summed E-state index contributed by atoms with van der Waals surface area (Å²) < 4.78 is 0. The monoisotopic (exact) mass is 311 g/mol. The van der Waals surface area contributed by atoms with Gasteiger partial charge in [0.15, 0.2) is 0 Å². The summed E-state index contributed by atoms with van der Waals surface area (Å²) in [5.74, 6) is 0. The summed E-state index contributed by atoms with van der Waals surface area (Å²) in [7, 11) is 0. The van der Waals surface area contributed by atoms with Crippen LogP contribution in [0.3, 0.4) is 0 Å². The predicted molar refractivity (Wildman–Crippen MR) is 90.7 cm³/mol. The first kappa shape index (κ1) is 14.8. The maximum Gasteiger partial charge on any atom is 0.0695 e. The molecule has 2 aromatic carbocycles. The molecule has 0 aliphatic carbocycles. The van der Waals surface area contributed by atoms with Crippen molar-refractivity contribution >= 4 is 11.6 Å². The Hall–Kier alpha value is -2.10. The standard InChI is InChI=1S/C18H18ClN3/c1-13(14-5-3-2-4-6-14)20-11-16-12-21-22-18(16)15-7-9-17(19)10-8-15/h2-10,12-13,20H,11H2,1H3,(H,21,22)/t13-/m0/s1. The Labute approximate surface area is 135 Å². The zero-order valence-electron chi connectivity index (χ0n) is 12.4. The van der Waals surface area contributed by atoms with Crippen molar-refractivity contribution in [1.29, 1.82) is 0 Å². The molecule has 3 nitrogen and oxygen atoms in total. The van der Waals surface area contributed by atoms with Gasteiger partial charge in [-0.15, -0.1) is 0 Å². The van der Waals surface area contributed by atoms with Crippen LogP contribution in [0.1, 0.15) is 24.1 Å². The molecule has 0 aliphatic rings. The van der Waals surface area contributed by atoms with Crippen molar-refractivity contribution in [2.45, 2.75) is 19.5 Å². The Morgan fingerprint density at radius 1 is 1.09 bits per heavy atom. The van der Waals surface area contributed by atoms with E-state index in [4.69, 9.17) is 11.6 Å². The van der Waals surface area contributed by atoms with Crippen LogP contribution in [0.15, 0.2) is 60.8 Å². The van der Waals surface area contributed by atoms with E-state index in [-0.39, 0.29) is 6.04 Å². The van der Waals surface area contributed by atoms with Crippen LogP contribution in [0.5, 0.6) is 0 Å². The van der Waals surface area contributed by atoms with Crippen molar-refractivity contribution in [2.75, 3.05) is 0 Å². The van der Waals surface area contributed by atoms with Gasteiger partial charge in [-0.1, -0.05) is 54.1 Å². The lowest BCUT2D eigenvalue weighted by Crippen LogP contribution is -2.18. The van der Waals surface area contributed by atoms with E-state index in [1.807, 2.05) is 36.5 Å². The van der Waals surface area contributed by atoms with E-state index in [2.05, 4.69) is 46.7 Å². The number of aromatic amines is 1. The summed E-state index contributed by atoms with van der Waals surface area (Å²) in [6, 6.07) is 18.5. The predicted octanol–water partition coefficient (Wildman–Crippen LogP) is 4.58. The number of H-pyrrole nitrogens is 1. The van der Waals surface area contributed by atoms with E-state index >= 15 is 0 Å². The zero-order chi connectivity index (χ0) is 15.4. The Kier molecular flexibility index (Phi) is 4.56. The van der Waals surface area contributed by atoms with Gasteiger partial charge in [0.2, 0.25) is 0 Å². The molecule has 0 bridgehead atoms. The third-order valence-electron chi connectivity index (χ3n) is 3.75. The molecular weight excluding hydrogens is 294 g/mol. The minimum Gasteiger partial charge on any atom is -0.306 e. The Morgan fingerprint density at radius 2 is 1.82 bits per heavy atom. The molecule has 0 saturated heterocycles. The van der Waals surface area contributed by atoms with Crippen LogP contribution in [0.2, 0.25) is 5.02 Å². The lowest BCUT2D eigenvalue weighted by molar-refractivity contribution is 0.575. The molecule has 0 amide bonds. The van der Waals surface area contributed by atoms with E-state index in [1.165, 1.54) is 5.56 Å². The van der Waals surface area contributed by atoms with Gasteiger partial charge in [-0.3, -0.25) is 5.10 Å². The van der Waals surface area contributed by atoms with Crippen molar-refractivity contribution in [3.63, 3.8) is 0 Å². The van der Waals surface area contributed by atoms with Gasteiger partial charge in [0.25, 0.3) is 0 Å². The van der Waals surface area contributed by atoms with Gasteiger partial charge < -0.3 is 5.32 Å². The molecule has 22 heavy (non-hydrogen) atoms. The first-order chi connectivity index (χ1) is 10.7. The number of rotatable bonds is 5. The number of benzene rings is 2. The number of hydrogen-bond donors (Lipinski definition) is 2. The molecule has 1 heterocycles. The van der Waals surface area contributed by atoms with Gasteiger partial charge in [-0.25, -0.2) is 0 Å². The minimum atomic E-state index is 0.286. The second kappa shape index (κ2) is 6.77. The summed E-state index contributed by atoms with van der Waals surface area (Å²) in [5, 5.41) is 11.5. The molecule has 0 fully saturated rings. The molecule has 0 radical (unpaired) electrons. The molecule has 1 atom stereocenters. The molecule has 3 aromatic rings. The highest BCUT2D eigenvalue weighted by Crippen LogP contribution is 2.23. The van der Waals surface area contributed by atoms with E-state index in [9.17, 15) is 0 Å². The van der Waals surface area contributed by atoms with E-state index in [0.29, 0.717) is 0 Å². The van der Waals surface area contributed by atoms with Gasteiger partial charge in [-0.2, -0.15) is 5.10 Å². The molecule has 1 aromatic heterocycles. The highest BCUT2D eigenvalue weighted by molar-refractivity contribution is 6.30. The zero-order valence-corrected chi connectivity index (χ0v) is 13.1. The average Bonchev–Trinajstić information content (AvgIpc) is 3.02. The fourth-order valence-electron chi connectivity index (χ4n) is 2.43. The first-order valence-corrected chi connectivity index (χ1v) is 7.68. The third-order valence-corrected chi connectivity index (χ3v) is 4.00. The molecule has 3 rings (SSSR count). The van der Waals surface area contributed by atoms with E-state index in [1.54, 1.807) is 0 Å². The lowest BCUT2D eigenvalue weighted by atomic mass is 10.1. The topological polar surface area (TPSA) is 40.7 Å². The van der Waals surface area contributed by atoms with Crippen LogP contribution in [0.4, 0.5) is 0 Å². The van der Waals surface area contributed by atoms with E-state index < -0.39 is 0 Å². The van der Waals surface area contributed by atoms with Crippen LogP contribution < -0.4 is 5.32 Å². The van der Waals surface area contributed by atoms with Crippen LogP contribution in [0, 0.1) is 0 Å². The lowest BCUT2D eigenvalue weighted by Gasteiger charge is -2.14. The molecule has 2 N–H and O–H groups in total. The maximum atomic E-state index is 5.95. The molecule has 112 valence electrons. The summed E-state index contributed by atoms with van der Waals surface area (Å²) in [5.41, 5.74) is 4.54. The van der Waals surface area contributed by atoms with Crippen LogP contribution >= 0.6 is 11.6 Å². The molecular formula is C18H18ClN3. The average molecular weight is 312 g/mol. The quantitative estimate of drug-likeness (QED) is 0.724. The van der Waals surface area contributed by atoms with Gasteiger partial charge >= 0.3 is 0 Å². The van der Waals surface area contributed by atoms with E-state index in [0.717, 1.165) is 28.4 Å². The van der Waals surface area contributed by atoms with Crippen LogP contribution in [-0.4, -0.2) is 10.2 Å². The van der Waals surface area contributed by atoms with Gasteiger partial charge in [0.05, 0.1) is 11.9 Å². The number of halogens is 1. The number of hydrogen-bond acceptors (Lipinski definition) is 2. The number of nitrogens with one attached hydrogen (secondary N) is 2. The summed E-state index contributed by atoms with van der Waals surface area (Å²) in [6.45, 7) is 2.92. The molecule has 0 unspecified atom stereocenters. The molecule has 0 spiro atoms. The Bertz CT molecular complexity index is 720. The smallest absolute Gasteiger partial charge is 0.0695 e. The van der Waals surface area contributed by atoms with Gasteiger partial charge in [0, 0.05) is 23.2 Å². The largest absolute Gasteiger partial charge is 0.306 e. The number of nitrogens with zero attached hydrogens (tertiary/aromatic N) is 1. The molecule has 0 aliphatic heterocycles. The van der Waals surface area contributed by atoms with Crippen molar-refractivity contribution in [3.05, 3.63) is 76.9 Å². The van der Waals surface area contributed by atoms with Gasteiger partial charge in [0.1, 0.15) is 0 Å². The number of aromatic nitrogens is 2. The fraction of sp³-hybridized carbons (Fsp3) is 0.167. The Balaban J connectivity index is 1.72. The molecule has 4 heteroatoms. The van der Waals surface area contributed by atoms with Crippen LogP contribution in [0.25, 0.3) is 11.3 Å². The Morgan fingerprint density at radius 3 is 2.55 bits per heavy atom. The fourth-order valence-corrected chi connectivity index (χ4v) is 2.56. The van der Waals surface area contributed by atoms with Crippen molar-refractivity contribution in [3.8, 4) is 11.3 Å². The molecule has 0 saturated carbocycles. The van der Waals surface area contributed by atoms with Crippen molar-refractivity contribution in [2.24, 2.45) is 0 Å². The van der Waals surface area contributed by atoms with Crippen molar-refractivity contribution in [1.82, 2.24) is 15.5 Å². The minimum absolute atomic E-state index is 0.286. The van der Waals surface area contributed by atoms with Gasteiger partial charge in [-0.05, 0) is 30.2 Å².